The van der Waals surface area contributed by atoms with Crippen molar-refractivity contribution in [3.63, 3.8) is 0 Å². The summed E-state index contributed by atoms with van der Waals surface area (Å²) in [5.41, 5.74) is 0.962. The van der Waals surface area contributed by atoms with Gasteiger partial charge in [-0.25, -0.2) is 0 Å². The molecule has 0 aliphatic heterocycles. The maximum absolute atomic E-state index is 6.76. The van der Waals surface area contributed by atoms with Gasteiger partial charge in [0.1, 0.15) is 17.2 Å². The van der Waals surface area contributed by atoms with Crippen LogP contribution in [0.5, 0.6) is 17.2 Å². The van der Waals surface area contributed by atoms with Crippen LogP contribution in [0, 0.1) is 17.8 Å². The van der Waals surface area contributed by atoms with Crippen molar-refractivity contribution in [1.82, 2.24) is 0 Å². The minimum Gasteiger partial charge on any atom is -0.496 e. The third-order valence-electron chi connectivity index (χ3n) is 4.72. The normalized spacial score (nSPS) is 28.7. The molecule has 0 bridgehead atoms. The van der Waals surface area contributed by atoms with Gasteiger partial charge in [-0.1, -0.05) is 0 Å². The Hall–Kier alpha value is -1.09. The molecule has 0 spiro atoms. The van der Waals surface area contributed by atoms with Crippen LogP contribution in [0.3, 0.4) is 0 Å². The van der Waals surface area contributed by atoms with Gasteiger partial charge in [0.15, 0.2) is 0 Å². The van der Waals surface area contributed by atoms with Gasteiger partial charge in [-0.2, -0.15) is 0 Å². The van der Waals surface area contributed by atoms with E-state index in [0.29, 0.717) is 5.92 Å². The van der Waals surface area contributed by atoms with Crippen molar-refractivity contribution in [2.75, 3.05) is 21.3 Å². The summed E-state index contributed by atoms with van der Waals surface area (Å²) in [5, 5.41) is -0.0568. The number of benzene rings is 1. The van der Waals surface area contributed by atoms with Gasteiger partial charge in [-0.3, -0.25) is 0 Å². The summed E-state index contributed by atoms with van der Waals surface area (Å²) in [5.74, 6) is 4.58. The van der Waals surface area contributed by atoms with Crippen LogP contribution in [0.1, 0.15) is 30.2 Å². The monoisotopic (exact) mass is 296 g/mol. The SMILES string of the molecule is COc1cc(OC)c(C(Cl)C2CC3CC3C2)c(OC)c1. The molecule has 3 nitrogen and oxygen atoms in total. The first-order valence-corrected chi connectivity index (χ1v) is 7.55. The molecule has 0 aromatic heterocycles. The van der Waals surface area contributed by atoms with E-state index >= 15 is 0 Å². The summed E-state index contributed by atoms with van der Waals surface area (Å²) in [4.78, 5) is 0. The summed E-state index contributed by atoms with van der Waals surface area (Å²) in [7, 11) is 4.96. The van der Waals surface area contributed by atoms with Gasteiger partial charge in [0.25, 0.3) is 0 Å². The first kappa shape index (κ1) is 13.9. The lowest BCUT2D eigenvalue weighted by Gasteiger charge is -2.23. The fourth-order valence-corrected chi connectivity index (χ4v) is 3.96. The number of fused-ring (bicyclic) bond motifs is 1. The molecule has 1 aromatic rings. The molecule has 2 saturated carbocycles. The van der Waals surface area contributed by atoms with Crippen LogP contribution in [-0.2, 0) is 0 Å². The molecule has 110 valence electrons. The molecule has 1 aromatic carbocycles. The third-order valence-corrected chi connectivity index (χ3v) is 5.30. The molecule has 3 unspecified atom stereocenters. The topological polar surface area (TPSA) is 27.7 Å². The summed E-state index contributed by atoms with van der Waals surface area (Å²) in [6.45, 7) is 0. The average molecular weight is 297 g/mol. The van der Waals surface area contributed by atoms with E-state index in [1.54, 1.807) is 21.3 Å². The van der Waals surface area contributed by atoms with Crippen LogP contribution in [0.4, 0.5) is 0 Å². The zero-order valence-corrected chi connectivity index (χ0v) is 12.9. The lowest BCUT2D eigenvalue weighted by molar-refractivity contribution is 0.358. The Kier molecular flexibility index (Phi) is 3.72. The highest BCUT2D eigenvalue weighted by Gasteiger charge is 2.48. The maximum atomic E-state index is 6.76. The Balaban J connectivity index is 1.93. The highest BCUT2D eigenvalue weighted by molar-refractivity contribution is 6.21. The quantitative estimate of drug-likeness (QED) is 0.768. The third kappa shape index (κ3) is 2.32. The molecule has 0 saturated heterocycles. The lowest BCUT2D eigenvalue weighted by Crippen LogP contribution is -2.09. The maximum Gasteiger partial charge on any atom is 0.130 e. The fourth-order valence-electron chi connectivity index (χ4n) is 3.54. The summed E-state index contributed by atoms with van der Waals surface area (Å²) in [6.07, 6.45) is 3.87. The van der Waals surface area contributed by atoms with Crippen LogP contribution in [0.25, 0.3) is 0 Å². The predicted octanol–water partition coefficient (Wildman–Crippen LogP) is 4.04. The van der Waals surface area contributed by atoms with Gasteiger partial charge in [-0.15, -0.1) is 11.6 Å². The number of rotatable bonds is 5. The van der Waals surface area contributed by atoms with Crippen LogP contribution in [-0.4, -0.2) is 21.3 Å². The molecule has 0 radical (unpaired) electrons. The van der Waals surface area contributed by atoms with Crippen LogP contribution < -0.4 is 14.2 Å². The van der Waals surface area contributed by atoms with E-state index in [0.717, 1.165) is 34.6 Å². The van der Waals surface area contributed by atoms with E-state index in [1.165, 1.54) is 19.3 Å². The van der Waals surface area contributed by atoms with E-state index < -0.39 is 0 Å². The number of halogens is 1. The van der Waals surface area contributed by atoms with Crippen molar-refractivity contribution in [2.45, 2.75) is 24.6 Å². The van der Waals surface area contributed by atoms with E-state index in [1.807, 2.05) is 12.1 Å². The van der Waals surface area contributed by atoms with Crippen molar-refractivity contribution < 1.29 is 14.2 Å². The Morgan fingerprint density at radius 2 is 1.50 bits per heavy atom. The number of alkyl halides is 1. The Bertz CT molecular complexity index is 467. The number of methoxy groups -OCH3 is 3. The van der Waals surface area contributed by atoms with Crippen molar-refractivity contribution >= 4 is 11.6 Å². The molecule has 2 fully saturated rings. The molecule has 2 aliphatic carbocycles. The second-order valence-electron chi connectivity index (χ2n) is 5.83. The van der Waals surface area contributed by atoms with Crippen LogP contribution >= 0.6 is 11.6 Å². The van der Waals surface area contributed by atoms with Gasteiger partial charge in [-0.05, 0) is 37.0 Å². The van der Waals surface area contributed by atoms with E-state index in [9.17, 15) is 0 Å². The Labute approximate surface area is 125 Å². The highest BCUT2D eigenvalue weighted by Crippen LogP contribution is 2.59. The van der Waals surface area contributed by atoms with Crippen LogP contribution in [0.15, 0.2) is 12.1 Å². The molecule has 3 atom stereocenters. The summed E-state index contributed by atoms with van der Waals surface area (Å²) >= 11 is 6.76. The van der Waals surface area contributed by atoms with E-state index in [-0.39, 0.29) is 5.38 Å². The van der Waals surface area contributed by atoms with Crippen LogP contribution in [0.2, 0.25) is 0 Å². The molecule has 0 N–H and O–H groups in total. The second kappa shape index (κ2) is 5.36. The molecule has 4 heteroatoms. The average Bonchev–Trinajstić information content (AvgIpc) is 3.10. The molecule has 0 amide bonds. The molecular weight excluding hydrogens is 276 g/mol. The van der Waals surface area contributed by atoms with Gasteiger partial charge < -0.3 is 14.2 Å². The molecule has 20 heavy (non-hydrogen) atoms. The largest absolute Gasteiger partial charge is 0.496 e. The Morgan fingerprint density at radius 3 is 1.95 bits per heavy atom. The second-order valence-corrected chi connectivity index (χ2v) is 6.30. The summed E-state index contributed by atoms with van der Waals surface area (Å²) in [6, 6.07) is 3.76. The van der Waals surface area contributed by atoms with Gasteiger partial charge in [0.2, 0.25) is 0 Å². The molecule has 3 rings (SSSR count). The van der Waals surface area contributed by atoms with Crippen molar-refractivity contribution in [3.05, 3.63) is 17.7 Å². The van der Waals surface area contributed by atoms with Gasteiger partial charge in [0.05, 0.1) is 32.3 Å². The zero-order chi connectivity index (χ0) is 14.3. The summed E-state index contributed by atoms with van der Waals surface area (Å²) < 4.78 is 16.3. The van der Waals surface area contributed by atoms with E-state index in [2.05, 4.69) is 0 Å². The lowest BCUT2D eigenvalue weighted by atomic mass is 9.93. The van der Waals surface area contributed by atoms with Crippen molar-refractivity contribution in [2.24, 2.45) is 17.8 Å². The Morgan fingerprint density at radius 1 is 0.950 bits per heavy atom. The molecule has 0 heterocycles. The highest BCUT2D eigenvalue weighted by atomic mass is 35.5. The zero-order valence-electron chi connectivity index (χ0n) is 12.2. The van der Waals surface area contributed by atoms with Gasteiger partial charge >= 0.3 is 0 Å². The smallest absolute Gasteiger partial charge is 0.130 e. The number of hydrogen-bond acceptors (Lipinski definition) is 3. The minimum atomic E-state index is -0.0568. The van der Waals surface area contributed by atoms with Gasteiger partial charge in [0, 0.05) is 12.1 Å². The predicted molar refractivity (Wildman–Crippen MR) is 79.0 cm³/mol. The van der Waals surface area contributed by atoms with Crippen molar-refractivity contribution in [3.8, 4) is 17.2 Å². The number of ether oxygens (including phenoxy) is 3. The first-order valence-electron chi connectivity index (χ1n) is 7.11. The first-order chi connectivity index (χ1) is 9.67. The van der Waals surface area contributed by atoms with Crippen molar-refractivity contribution in [1.29, 1.82) is 0 Å². The minimum absolute atomic E-state index is 0.0568. The molecular formula is C16H21ClO3. The standard InChI is InChI=1S/C16H21ClO3/c1-18-12-7-13(19-2)15(14(8-12)20-3)16(17)11-5-9-4-10(9)6-11/h7-11,16H,4-6H2,1-3H3. The fraction of sp³-hybridized carbons (Fsp3) is 0.625. The number of hydrogen-bond donors (Lipinski definition) is 0. The van der Waals surface area contributed by atoms with E-state index in [4.69, 9.17) is 25.8 Å². The molecule has 2 aliphatic rings.